The van der Waals surface area contributed by atoms with E-state index in [9.17, 15) is 0 Å². The topological polar surface area (TPSA) is 58.2 Å². The molecule has 1 aliphatic rings. The molecule has 1 rings (SSSR count). The molecule has 0 aromatic rings. The Morgan fingerprint density at radius 1 is 1.43 bits per heavy atom. The minimum Gasteiger partial charge on any atom is -0.395 e. The fourth-order valence-electron chi connectivity index (χ4n) is 0.436. The molecular formula is C4H12N2O. The summed E-state index contributed by atoms with van der Waals surface area (Å²) >= 11 is 0. The first-order valence-corrected chi connectivity index (χ1v) is 2.26. The Kier molecular flexibility index (Phi) is 2.91. The van der Waals surface area contributed by atoms with Crippen molar-refractivity contribution in [3.63, 3.8) is 0 Å². The summed E-state index contributed by atoms with van der Waals surface area (Å²) in [6, 6.07) is 0. The van der Waals surface area contributed by atoms with Gasteiger partial charge in [-0.25, -0.2) is 0 Å². The van der Waals surface area contributed by atoms with E-state index in [1.165, 1.54) is 13.1 Å². The van der Waals surface area contributed by atoms with Crippen LogP contribution in [0.25, 0.3) is 0 Å². The lowest BCUT2D eigenvalue weighted by molar-refractivity contribution is 0.271. The van der Waals surface area contributed by atoms with Crippen LogP contribution >= 0.6 is 0 Å². The normalized spacial score (nSPS) is 18.4. The molecule has 0 aromatic heterocycles. The predicted molar refractivity (Wildman–Crippen MR) is 28.5 cm³/mol. The monoisotopic (exact) mass is 104 g/mol. The van der Waals surface area contributed by atoms with Gasteiger partial charge in [0.25, 0.3) is 0 Å². The second kappa shape index (κ2) is 2.96. The fraction of sp³-hybridized carbons (Fsp3) is 1.00. The molecule has 1 heterocycles. The van der Waals surface area contributed by atoms with Gasteiger partial charge in [-0.1, -0.05) is 0 Å². The summed E-state index contributed by atoms with van der Waals surface area (Å²) in [5.74, 6) is 0. The van der Waals surface area contributed by atoms with E-state index in [2.05, 4.69) is 4.90 Å². The molecule has 0 aliphatic carbocycles. The van der Waals surface area contributed by atoms with Gasteiger partial charge in [-0.2, -0.15) is 0 Å². The van der Waals surface area contributed by atoms with Crippen LogP contribution in [0.5, 0.6) is 0 Å². The SMILES string of the molecule is N.OCCN1CC1. The number of aliphatic hydroxyl groups is 1. The Bertz CT molecular complexity index is 45.0. The van der Waals surface area contributed by atoms with E-state index in [1.807, 2.05) is 0 Å². The predicted octanol–water partition coefficient (Wildman–Crippen LogP) is -0.544. The molecule has 7 heavy (non-hydrogen) atoms. The van der Waals surface area contributed by atoms with Gasteiger partial charge in [0.15, 0.2) is 0 Å². The number of rotatable bonds is 2. The van der Waals surface area contributed by atoms with Crippen LogP contribution in [-0.4, -0.2) is 36.2 Å². The maximum Gasteiger partial charge on any atom is 0.0558 e. The first-order chi connectivity index (χ1) is 2.93. The van der Waals surface area contributed by atoms with Crippen LogP contribution in [0, 0.1) is 0 Å². The van der Waals surface area contributed by atoms with Gasteiger partial charge in [-0.05, 0) is 0 Å². The van der Waals surface area contributed by atoms with Gasteiger partial charge in [0.1, 0.15) is 0 Å². The first-order valence-electron chi connectivity index (χ1n) is 2.26. The minimum absolute atomic E-state index is 0. The standard InChI is InChI=1S/C4H9NO.H3N/c6-4-3-5-1-2-5;/h6H,1-4H2;1H3. The van der Waals surface area contributed by atoms with E-state index in [0.29, 0.717) is 6.61 Å². The zero-order chi connectivity index (χ0) is 4.41. The van der Waals surface area contributed by atoms with Crippen molar-refractivity contribution in [2.24, 2.45) is 0 Å². The Labute approximate surface area is 43.5 Å². The van der Waals surface area contributed by atoms with Crippen LogP contribution in [0.2, 0.25) is 0 Å². The fourth-order valence-corrected chi connectivity index (χ4v) is 0.436. The zero-order valence-corrected chi connectivity index (χ0v) is 4.43. The van der Waals surface area contributed by atoms with Crippen LogP contribution in [-0.2, 0) is 0 Å². The van der Waals surface area contributed by atoms with E-state index >= 15 is 0 Å². The maximum atomic E-state index is 8.24. The van der Waals surface area contributed by atoms with Crippen LogP contribution in [0.15, 0.2) is 0 Å². The highest BCUT2D eigenvalue weighted by Crippen LogP contribution is 1.99. The van der Waals surface area contributed by atoms with Crippen molar-refractivity contribution in [3.8, 4) is 0 Å². The van der Waals surface area contributed by atoms with Gasteiger partial charge in [0.05, 0.1) is 6.61 Å². The van der Waals surface area contributed by atoms with Crippen molar-refractivity contribution in [1.29, 1.82) is 0 Å². The van der Waals surface area contributed by atoms with E-state index in [-0.39, 0.29) is 6.15 Å². The van der Waals surface area contributed by atoms with Gasteiger partial charge >= 0.3 is 0 Å². The number of β-amino-alcohol motifs (C(OH)–C–C–N with tert-alkyl or cyclic N) is 1. The largest absolute Gasteiger partial charge is 0.395 e. The van der Waals surface area contributed by atoms with E-state index in [0.717, 1.165) is 6.54 Å². The van der Waals surface area contributed by atoms with E-state index < -0.39 is 0 Å². The van der Waals surface area contributed by atoms with E-state index in [4.69, 9.17) is 5.11 Å². The summed E-state index contributed by atoms with van der Waals surface area (Å²) in [6.45, 7) is 3.58. The lowest BCUT2D eigenvalue weighted by atomic mass is 10.7. The molecule has 3 nitrogen and oxygen atoms in total. The Hall–Kier alpha value is -0.120. The number of nitrogens with zero attached hydrogens (tertiary/aromatic N) is 1. The summed E-state index contributed by atoms with van der Waals surface area (Å²) in [4.78, 5) is 2.18. The molecule has 0 unspecified atom stereocenters. The summed E-state index contributed by atoms with van der Waals surface area (Å²) in [7, 11) is 0. The molecule has 0 bridgehead atoms. The van der Waals surface area contributed by atoms with Crippen LogP contribution in [0.4, 0.5) is 0 Å². The average Bonchev–Trinajstić information content (AvgIpc) is 2.21. The van der Waals surface area contributed by atoms with Crippen LogP contribution in [0.3, 0.4) is 0 Å². The summed E-state index contributed by atoms with van der Waals surface area (Å²) in [5.41, 5.74) is 0. The highest BCUT2D eigenvalue weighted by Gasteiger charge is 2.14. The zero-order valence-electron chi connectivity index (χ0n) is 4.43. The van der Waals surface area contributed by atoms with Crippen molar-refractivity contribution >= 4 is 0 Å². The third-order valence-corrected chi connectivity index (χ3v) is 0.956. The Morgan fingerprint density at radius 3 is 2.14 bits per heavy atom. The second-order valence-corrected chi connectivity index (χ2v) is 1.57. The van der Waals surface area contributed by atoms with Crippen molar-refractivity contribution in [2.45, 2.75) is 0 Å². The quantitative estimate of drug-likeness (QED) is 0.462. The highest BCUT2D eigenvalue weighted by molar-refractivity contribution is 4.70. The molecule has 0 spiro atoms. The molecule has 0 radical (unpaired) electrons. The number of hydrogen-bond donors (Lipinski definition) is 2. The molecule has 0 aromatic carbocycles. The third kappa shape index (κ3) is 2.56. The average molecular weight is 104 g/mol. The molecule has 0 atom stereocenters. The van der Waals surface area contributed by atoms with Crippen molar-refractivity contribution in [3.05, 3.63) is 0 Å². The summed E-state index contributed by atoms with van der Waals surface area (Å²) in [6.07, 6.45) is 0. The molecule has 44 valence electrons. The molecule has 1 aliphatic heterocycles. The lowest BCUT2D eigenvalue weighted by Crippen LogP contribution is -2.02. The summed E-state index contributed by atoms with van der Waals surface area (Å²) < 4.78 is 0. The van der Waals surface area contributed by atoms with E-state index in [1.54, 1.807) is 0 Å². The van der Waals surface area contributed by atoms with Gasteiger partial charge in [-0.15, -0.1) is 0 Å². The van der Waals surface area contributed by atoms with Crippen LogP contribution < -0.4 is 6.15 Å². The highest BCUT2D eigenvalue weighted by atomic mass is 16.3. The molecule has 4 N–H and O–H groups in total. The second-order valence-electron chi connectivity index (χ2n) is 1.57. The van der Waals surface area contributed by atoms with Gasteiger partial charge < -0.3 is 11.3 Å². The molecule has 3 heteroatoms. The number of hydrogen-bond acceptors (Lipinski definition) is 3. The molecule has 0 saturated carbocycles. The Morgan fingerprint density at radius 2 is 2.00 bits per heavy atom. The van der Waals surface area contributed by atoms with Crippen molar-refractivity contribution in [2.75, 3.05) is 26.2 Å². The van der Waals surface area contributed by atoms with Gasteiger partial charge in [0.2, 0.25) is 0 Å². The third-order valence-electron chi connectivity index (χ3n) is 0.956. The molecule has 0 amide bonds. The van der Waals surface area contributed by atoms with Crippen molar-refractivity contribution in [1.82, 2.24) is 11.1 Å². The minimum atomic E-state index is 0. The summed E-state index contributed by atoms with van der Waals surface area (Å²) in [5, 5.41) is 8.24. The smallest absolute Gasteiger partial charge is 0.0558 e. The van der Waals surface area contributed by atoms with Gasteiger partial charge in [0, 0.05) is 19.6 Å². The molecule has 1 saturated heterocycles. The number of aliphatic hydroxyl groups excluding tert-OH is 1. The first kappa shape index (κ1) is 6.88. The molecule has 1 fully saturated rings. The van der Waals surface area contributed by atoms with Crippen LogP contribution in [0.1, 0.15) is 0 Å². The van der Waals surface area contributed by atoms with Gasteiger partial charge in [-0.3, -0.25) is 4.90 Å². The maximum absolute atomic E-state index is 8.24. The Balaban J connectivity index is 0.000000360. The molecular weight excluding hydrogens is 92.1 g/mol. The van der Waals surface area contributed by atoms with Crippen molar-refractivity contribution < 1.29 is 5.11 Å². The lowest BCUT2D eigenvalue weighted by Gasteiger charge is -1.88.